The van der Waals surface area contributed by atoms with Gasteiger partial charge in [-0.05, 0) is 87.0 Å². The normalized spacial score (nSPS) is 14.5. The Balaban J connectivity index is 1.46. The van der Waals surface area contributed by atoms with E-state index in [0.29, 0.717) is 12.0 Å². The number of para-hydroxylation sites is 1. The molecule has 1 saturated carbocycles. The lowest BCUT2D eigenvalue weighted by Crippen LogP contribution is -2.25. The van der Waals surface area contributed by atoms with E-state index in [1.165, 1.54) is 16.7 Å². The van der Waals surface area contributed by atoms with E-state index >= 15 is 0 Å². The van der Waals surface area contributed by atoms with Crippen LogP contribution in [0.3, 0.4) is 0 Å². The van der Waals surface area contributed by atoms with Crippen LogP contribution in [0.1, 0.15) is 60.5 Å². The molecule has 7 heteroatoms. The molecule has 1 aliphatic carbocycles. The summed E-state index contributed by atoms with van der Waals surface area (Å²) in [5, 5.41) is 5.23. The summed E-state index contributed by atoms with van der Waals surface area (Å²) in [6.45, 7) is 2.54. The average Bonchev–Trinajstić information content (AvgIpc) is 2.88. The number of benzene rings is 3. The molecule has 0 unspecified atom stereocenters. The van der Waals surface area contributed by atoms with Gasteiger partial charge in [-0.3, -0.25) is 4.79 Å². The second-order valence-electron chi connectivity index (χ2n) is 9.28. The van der Waals surface area contributed by atoms with Crippen LogP contribution >= 0.6 is 31.9 Å². The van der Waals surface area contributed by atoms with E-state index in [4.69, 9.17) is 9.72 Å². The Hall–Kier alpha value is -2.77. The van der Waals surface area contributed by atoms with Gasteiger partial charge in [-0.15, -0.1) is 0 Å². The molecule has 4 aromatic rings. The van der Waals surface area contributed by atoms with Crippen LogP contribution in [-0.2, 0) is 6.61 Å². The van der Waals surface area contributed by atoms with Gasteiger partial charge in [0.2, 0.25) is 0 Å². The highest BCUT2D eigenvalue weighted by Gasteiger charge is 2.22. The van der Waals surface area contributed by atoms with Gasteiger partial charge in [-0.25, -0.2) is 4.98 Å². The van der Waals surface area contributed by atoms with Crippen molar-refractivity contribution in [1.82, 2.24) is 9.66 Å². The van der Waals surface area contributed by atoms with Gasteiger partial charge in [0.15, 0.2) is 0 Å². The lowest BCUT2D eigenvalue weighted by molar-refractivity contribution is 0.302. The number of fused-ring (bicyclic) bond motifs is 1. The second-order valence-corrected chi connectivity index (χ2v) is 11.0. The van der Waals surface area contributed by atoms with Crippen molar-refractivity contribution < 1.29 is 4.74 Å². The summed E-state index contributed by atoms with van der Waals surface area (Å²) >= 11 is 7.28. The molecule has 184 valence electrons. The topological polar surface area (TPSA) is 56.5 Å². The summed E-state index contributed by atoms with van der Waals surface area (Å²) in [6.07, 6.45) is 7.32. The molecule has 3 aromatic carbocycles. The largest absolute Gasteiger partial charge is 0.487 e. The zero-order valence-corrected chi connectivity index (χ0v) is 23.3. The zero-order chi connectivity index (χ0) is 25.1. The molecule has 0 bridgehead atoms. The minimum absolute atomic E-state index is 0.131. The van der Waals surface area contributed by atoms with Crippen molar-refractivity contribution in [1.29, 1.82) is 0 Å². The number of nitrogens with zero attached hydrogens (tertiary/aromatic N) is 3. The highest BCUT2D eigenvalue weighted by molar-refractivity contribution is 9.11. The smallest absolute Gasteiger partial charge is 0.282 e. The van der Waals surface area contributed by atoms with E-state index in [9.17, 15) is 4.79 Å². The average molecular weight is 609 g/mol. The van der Waals surface area contributed by atoms with Crippen LogP contribution in [0.4, 0.5) is 0 Å². The Bertz CT molecular complexity index is 1470. The van der Waals surface area contributed by atoms with E-state index in [-0.39, 0.29) is 11.5 Å². The monoisotopic (exact) mass is 607 g/mol. The van der Waals surface area contributed by atoms with Crippen LogP contribution in [0.25, 0.3) is 10.9 Å². The first-order valence-corrected chi connectivity index (χ1v) is 13.8. The molecule has 1 aliphatic rings. The van der Waals surface area contributed by atoms with Gasteiger partial charge in [-0.2, -0.15) is 9.78 Å². The Morgan fingerprint density at radius 3 is 2.53 bits per heavy atom. The molecule has 0 amide bonds. The maximum Gasteiger partial charge on any atom is 0.282 e. The Morgan fingerprint density at radius 1 is 1.03 bits per heavy atom. The van der Waals surface area contributed by atoms with Gasteiger partial charge in [0.1, 0.15) is 18.2 Å². The summed E-state index contributed by atoms with van der Waals surface area (Å²) in [6, 6.07) is 19.7. The molecule has 0 spiro atoms. The maximum absolute atomic E-state index is 13.4. The summed E-state index contributed by atoms with van der Waals surface area (Å²) < 4.78 is 9.21. The predicted molar refractivity (Wildman–Crippen MR) is 152 cm³/mol. The third kappa shape index (κ3) is 5.47. The number of aryl methyl sites for hydroxylation is 1. The lowest BCUT2D eigenvalue weighted by Gasteiger charge is -2.22. The van der Waals surface area contributed by atoms with Crippen molar-refractivity contribution in [2.45, 2.75) is 51.6 Å². The Kier molecular flexibility index (Phi) is 7.67. The van der Waals surface area contributed by atoms with Gasteiger partial charge in [0.05, 0.1) is 26.1 Å². The zero-order valence-electron chi connectivity index (χ0n) is 20.1. The van der Waals surface area contributed by atoms with Crippen LogP contribution in [0, 0.1) is 6.92 Å². The SMILES string of the molecule is Cc1cccc(COc2c(Br)cc(C=Nn3c(C4CCCCC4)nc4ccccc4c3=O)cc2Br)c1. The number of hydrogen-bond acceptors (Lipinski definition) is 4. The molecule has 0 aliphatic heterocycles. The predicted octanol–water partition coefficient (Wildman–Crippen LogP) is 7.74. The minimum atomic E-state index is -0.131. The third-order valence-electron chi connectivity index (χ3n) is 6.56. The summed E-state index contributed by atoms with van der Waals surface area (Å²) in [7, 11) is 0. The van der Waals surface area contributed by atoms with Crippen molar-refractivity contribution in [3.63, 3.8) is 0 Å². The molecule has 0 atom stereocenters. The van der Waals surface area contributed by atoms with E-state index in [0.717, 1.165) is 62.8 Å². The second kappa shape index (κ2) is 11.1. The van der Waals surface area contributed by atoms with Gasteiger partial charge >= 0.3 is 0 Å². The Labute approximate surface area is 227 Å². The molecule has 1 aromatic heterocycles. The first-order valence-electron chi connectivity index (χ1n) is 12.2. The number of ether oxygens (including phenoxy) is 1. The number of halogens is 2. The molecule has 5 nitrogen and oxygen atoms in total. The van der Waals surface area contributed by atoms with E-state index in [1.807, 2.05) is 42.5 Å². The number of rotatable bonds is 6. The van der Waals surface area contributed by atoms with Crippen LogP contribution in [0.5, 0.6) is 5.75 Å². The molecule has 1 heterocycles. The van der Waals surface area contributed by atoms with Crippen LogP contribution < -0.4 is 10.3 Å². The molecule has 0 saturated heterocycles. The van der Waals surface area contributed by atoms with Gasteiger partial charge in [0, 0.05) is 5.92 Å². The molecule has 5 rings (SSSR count). The first kappa shape index (κ1) is 24.9. The van der Waals surface area contributed by atoms with Gasteiger partial charge < -0.3 is 4.74 Å². The van der Waals surface area contributed by atoms with Crippen LogP contribution in [-0.4, -0.2) is 15.9 Å². The first-order chi connectivity index (χ1) is 17.5. The van der Waals surface area contributed by atoms with E-state index < -0.39 is 0 Å². The Morgan fingerprint density at radius 2 is 1.78 bits per heavy atom. The molecule has 36 heavy (non-hydrogen) atoms. The van der Waals surface area contributed by atoms with E-state index in [1.54, 1.807) is 6.21 Å². The van der Waals surface area contributed by atoms with Crippen LogP contribution in [0.15, 0.2) is 79.5 Å². The minimum Gasteiger partial charge on any atom is -0.487 e. The van der Waals surface area contributed by atoms with Crippen molar-refractivity contribution in [3.8, 4) is 5.75 Å². The molecule has 1 fully saturated rings. The fraction of sp³-hybridized carbons (Fsp3) is 0.276. The molecule has 0 radical (unpaired) electrons. The molecular weight excluding hydrogens is 582 g/mol. The highest BCUT2D eigenvalue weighted by Crippen LogP contribution is 2.35. The van der Waals surface area contributed by atoms with Crippen LogP contribution in [0.2, 0.25) is 0 Å². The fourth-order valence-corrected chi connectivity index (χ4v) is 6.20. The molecule has 0 N–H and O–H groups in total. The number of hydrogen-bond donors (Lipinski definition) is 0. The van der Waals surface area contributed by atoms with E-state index in [2.05, 4.69) is 62.1 Å². The molecular formula is C29H27Br2N3O2. The van der Waals surface area contributed by atoms with Gasteiger partial charge in [0.25, 0.3) is 5.56 Å². The summed E-state index contributed by atoms with van der Waals surface area (Å²) in [4.78, 5) is 18.3. The quantitative estimate of drug-likeness (QED) is 0.210. The summed E-state index contributed by atoms with van der Waals surface area (Å²) in [5.74, 6) is 1.72. The van der Waals surface area contributed by atoms with Gasteiger partial charge in [-0.1, -0.05) is 61.2 Å². The van der Waals surface area contributed by atoms with Crippen molar-refractivity contribution in [2.24, 2.45) is 5.10 Å². The van der Waals surface area contributed by atoms with Crippen molar-refractivity contribution >= 4 is 49.0 Å². The summed E-state index contributed by atoms with van der Waals surface area (Å²) in [5.41, 5.74) is 3.75. The standard InChI is InChI=1S/C29H27Br2N3O2/c1-19-8-7-9-20(14-19)18-36-27-24(30)15-21(16-25(27)31)17-32-34-28(22-10-3-2-4-11-22)33-26-13-6-5-12-23(26)29(34)35/h5-9,12-17,22H,2-4,10-11,18H2,1H3. The highest BCUT2D eigenvalue weighted by atomic mass is 79.9. The van der Waals surface area contributed by atoms with Crippen molar-refractivity contribution in [3.05, 3.63) is 102 Å². The lowest BCUT2D eigenvalue weighted by atomic mass is 9.88. The maximum atomic E-state index is 13.4. The fourth-order valence-electron chi connectivity index (χ4n) is 4.75. The number of aromatic nitrogens is 2. The van der Waals surface area contributed by atoms with Crippen molar-refractivity contribution in [2.75, 3.05) is 0 Å². The third-order valence-corrected chi connectivity index (χ3v) is 7.74.